The summed E-state index contributed by atoms with van der Waals surface area (Å²) in [5.74, 6) is -1.99. The first-order valence-corrected chi connectivity index (χ1v) is 12.3. The maximum Gasteiger partial charge on any atom is 0.291 e. The zero-order valence-electron chi connectivity index (χ0n) is 21.0. The van der Waals surface area contributed by atoms with Crippen LogP contribution in [0, 0.1) is 5.92 Å². The van der Waals surface area contributed by atoms with Gasteiger partial charge in [-0.25, -0.2) is 0 Å². The van der Waals surface area contributed by atoms with Gasteiger partial charge in [-0.05, 0) is 40.8 Å². The molecular formula is C28H35N2O5+. The molecule has 2 saturated heterocycles. The Labute approximate surface area is 207 Å². The lowest BCUT2D eigenvalue weighted by Crippen LogP contribution is -3.14. The van der Waals surface area contributed by atoms with Gasteiger partial charge in [0.1, 0.15) is 24.8 Å². The van der Waals surface area contributed by atoms with E-state index in [1.807, 2.05) is 24.3 Å². The Morgan fingerprint density at radius 2 is 1.66 bits per heavy atom. The molecule has 2 unspecified atom stereocenters. The van der Waals surface area contributed by atoms with Crippen LogP contribution in [0.5, 0.6) is 5.75 Å². The summed E-state index contributed by atoms with van der Waals surface area (Å²) in [6.07, 6.45) is 0. The predicted molar refractivity (Wildman–Crippen MR) is 132 cm³/mol. The van der Waals surface area contributed by atoms with Crippen LogP contribution in [0.4, 0.5) is 0 Å². The average molecular weight is 480 g/mol. The molecule has 0 aliphatic carbocycles. The summed E-state index contributed by atoms with van der Waals surface area (Å²) in [6.45, 7) is 10.7. The summed E-state index contributed by atoms with van der Waals surface area (Å²) >= 11 is 0. The van der Waals surface area contributed by atoms with Gasteiger partial charge < -0.3 is 19.3 Å². The van der Waals surface area contributed by atoms with Crippen molar-refractivity contribution in [2.75, 3.05) is 46.5 Å². The van der Waals surface area contributed by atoms with Gasteiger partial charge in [-0.2, -0.15) is 0 Å². The van der Waals surface area contributed by atoms with Crippen molar-refractivity contribution < 1.29 is 28.8 Å². The highest BCUT2D eigenvalue weighted by Gasteiger charge is 2.51. The number of hydrogen-bond acceptors (Lipinski definition) is 5. The quantitative estimate of drug-likeness (QED) is 0.373. The fraction of sp³-hybridized carbons (Fsp3) is 0.464. The smallest absolute Gasteiger partial charge is 0.291 e. The van der Waals surface area contributed by atoms with Crippen LogP contribution in [0.1, 0.15) is 48.3 Å². The van der Waals surface area contributed by atoms with Crippen molar-refractivity contribution in [3.63, 3.8) is 0 Å². The van der Waals surface area contributed by atoms with Gasteiger partial charge in [0.15, 0.2) is 5.78 Å². The van der Waals surface area contributed by atoms with E-state index in [0.29, 0.717) is 37.6 Å². The van der Waals surface area contributed by atoms with E-state index >= 15 is 0 Å². The Balaban J connectivity index is 1.67. The first-order valence-electron chi connectivity index (χ1n) is 12.3. The number of hydrogen-bond donors (Lipinski definition) is 1. The fourth-order valence-corrected chi connectivity index (χ4v) is 4.90. The standard InChI is InChI=1S/C28H34N2O5/c1-28(2,3)21-9-5-19(6-10-21)24-23(25(31)20-7-11-22(34-4)12-8-20)26(32)27(33)30(24)14-13-29-15-17-35-18-16-29/h5-12,23-24H,13-18H2,1-4H3/p+1. The highest BCUT2D eigenvalue weighted by Crippen LogP contribution is 2.38. The molecule has 2 heterocycles. The molecule has 4 rings (SSSR count). The number of morpholine rings is 1. The van der Waals surface area contributed by atoms with Crippen molar-refractivity contribution in [3.8, 4) is 5.75 Å². The number of ketones is 2. The molecule has 0 radical (unpaired) electrons. The van der Waals surface area contributed by atoms with Crippen LogP contribution < -0.4 is 9.64 Å². The topological polar surface area (TPSA) is 77.4 Å². The van der Waals surface area contributed by atoms with Gasteiger partial charge in [0.25, 0.3) is 5.91 Å². The molecule has 2 fully saturated rings. The number of likely N-dealkylation sites (tertiary alicyclic amines) is 1. The van der Waals surface area contributed by atoms with Gasteiger partial charge in [-0.3, -0.25) is 14.4 Å². The van der Waals surface area contributed by atoms with Crippen LogP contribution in [0.15, 0.2) is 48.5 Å². The number of amides is 1. The molecule has 2 atom stereocenters. The number of nitrogens with zero attached hydrogens (tertiary/aromatic N) is 1. The van der Waals surface area contributed by atoms with Crippen molar-refractivity contribution in [3.05, 3.63) is 65.2 Å². The van der Waals surface area contributed by atoms with Crippen LogP contribution >= 0.6 is 0 Å². The summed E-state index contributed by atoms with van der Waals surface area (Å²) in [6, 6.07) is 14.0. The minimum Gasteiger partial charge on any atom is -0.497 e. The molecule has 2 aromatic carbocycles. The van der Waals surface area contributed by atoms with Gasteiger partial charge in [-0.1, -0.05) is 45.0 Å². The highest BCUT2D eigenvalue weighted by atomic mass is 16.5. The van der Waals surface area contributed by atoms with E-state index in [2.05, 4.69) is 20.8 Å². The Hall–Kier alpha value is -3.03. The monoisotopic (exact) mass is 479 g/mol. The summed E-state index contributed by atoms with van der Waals surface area (Å²) in [4.78, 5) is 43.0. The number of rotatable bonds is 7. The summed E-state index contributed by atoms with van der Waals surface area (Å²) < 4.78 is 10.6. The number of Topliss-reactive ketones (excluding diaryl/α,β-unsaturated/α-hetero) is 2. The van der Waals surface area contributed by atoms with E-state index in [1.165, 1.54) is 4.90 Å². The molecule has 1 N–H and O–H groups in total. The fourth-order valence-electron chi connectivity index (χ4n) is 4.90. The average Bonchev–Trinajstić information content (AvgIpc) is 3.12. The lowest BCUT2D eigenvalue weighted by molar-refractivity contribution is -0.907. The van der Waals surface area contributed by atoms with Gasteiger partial charge in [0.2, 0.25) is 5.78 Å². The highest BCUT2D eigenvalue weighted by molar-refractivity contribution is 6.44. The minimum absolute atomic E-state index is 0.0302. The second-order valence-corrected chi connectivity index (χ2v) is 10.4. The van der Waals surface area contributed by atoms with Crippen molar-refractivity contribution in [1.82, 2.24) is 4.90 Å². The number of nitrogens with one attached hydrogen (secondary N) is 1. The van der Waals surface area contributed by atoms with Crippen LogP contribution in [-0.2, 0) is 19.7 Å². The molecule has 186 valence electrons. The molecule has 2 aliphatic rings. The minimum atomic E-state index is -1.07. The molecular weight excluding hydrogens is 444 g/mol. The van der Waals surface area contributed by atoms with Gasteiger partial charge >= 0.3 is 0 Å². The van der Waals surface area contributed by atoms with Crippen LogP contribution in [0.3, 0.4) is 0 Å². The third-order valence-electron chi connectivity index (χ3n) is 7.09. The second-order valence-electron chi connectivity index (χ2n) is 10.4. The van der Waals surface area contributed by atoms with Crippen molar-refractivity contribution in [2.45, 2.75) is 32.2 Å². The number of benzene rings is 2. The molecule has 2 aromatic rings. The lowest BCUT2D eigenvalue weighted by atomic mass is 9.83. The number of carbonyl (C=O) groups is 3. The van der Waals surface area contributed by atoms with Gasteiger partial charge in [0.05, 0.1) is 39.5 Å². The second kappa shape index (κ2) is 10.3. The first-order chi connectivity index (χ1) is 16.7. The Morgan fingerprint density at radius 3 is 2.23 bits per heavy atom. The molecule has 0 saturated carbocycles. The number of carbonyl (C=O) groups excluding carboxylic acids is 3. The Kier molecular flexibility index (Phi) is 7.38. The predicted octanol–water partition coefficient (Wildman–Crippen LogP) is 1.86. The molecule has 0 aromatic heterocycles. The van der Waals surface area contributed by atoms with Crippen LogP contribution in [0.25, 0.3) is 0 Å². The molecule has 1 amide bonds. The summed E-state index contributed by atoms with van der Waals surface area (Å²) in [5.41, 5.74) is 2.33. The third kappa shape index (κ3) is 5.31. The molecule has 35 heavy (non-hydrogen) atoms. The first kappa shape index (κ1) is 25.1. The zero-order valence-corrected chi connectivity index (χ0v) is 21.0. The van der Waals surface area contributed by atoms with Crippen LogP contribution in [0.2, 0.25) is 0 Å². The number of ether oxygens (including phenoxy) is 2. The van der Waals surface area contributed by atoms with Gasteiger partial charge in [-0.15, -0.1) is 0 Å². The molecule has 2 aliphatic heterocycles. The maximum absolute atomic E-state index is 13.6. The summed E-state index contributed by atoms with van der Waals surface area (Å²) in [7, 11) is 1.56. The Bertz CT molecular complexity index is 1070. The SMILES string of the molecule is COc1ccc(C(=O)C2C(=O)C(=O)N(CC[NH+]3CCOCC3)C2c2ccc(C(C)(C)C)cc2)cc1. The number of quaternary nitrogens is 1. The van der Waals surface area contributed by atoms with Gasteiger partial charge in [0, 0.05) is 5.56 Å². The van der Waals surface area contributed by atoms with Crippen LogP contribution in [-0.4, -0.2) is 68.9 Å². The van der Waals surface area contributed by atoms with Crippen molar-refractivity contribution in [2.24, 2.45) is 5.92 Å². The zero-order chi connectivity index (χ0) is 25.2. The maximum atomic E-state index is 13.6. The Morgan fingerprint density at radius 1 is 1.03 bits per heavy atom. The number of methoxy groups -OCH3 is 1. The molecule has 7 heteroatoms. The molecule has 7 nitrogen and oxygen atoms in total. The van der Waals surface area contributed by atoms with Crippen molar-refractivity contribution >= 4 is 17.5 Å². The molecule has 0 bridgehead atoms. The third-order valence-corrected chi connectivity index (χ3v) is 7.09. The van der Waals surface area contributed by atoms with E-state index in [1.54, 1.807) is 36.3 Å². The van der Waals surface area contributed by atoms with E-state index < -0.39 is 23.7 Å². The lowest BCUT2D eigenvalue weighted by Gasteiger charge is -2.30. The van der Waals surface area contributed by atoms with E-state index in [4.69, 9.17) is 9.47 Å². The summed E-state index contributed by atoms with van der Waals surface area (Å²) in [5, 5.41) is 0. The largest absolute Gasteiger partial charge is 0.497 e. The van der Waals surface area contributed by atoms with E-state index in [9.17, 15) is 14.4 Å². The van der Waals surface area contributed by atoms with E-state index in [-0.39, 0.29) is 11.2 Å². The van der Waals surface area contributed by atoms with Crippen molar-refractivity contribution in [1.29, 1.82) is 0 Å². The molecule has 0 spiro atoms. The van der Waals surface area contributed by atoms with E-state index in [0.717, 1.165) is 24.2 Å². The normalized spacial score (nSPS) is 21.4.